The van der Waals surface area contributed by atoms with Crippen LogP contribution in [0.2, 0.25) is 0 Å². The third-order valence-corrected chi connectivity index (χ3v) is 3.25. The predicted octanol–water partition coefficient (Wildman–Crippen LogP) is 1.00. The Bertz CT molecular complexity index is 122. The number of nitrogens with one attached hydrogen (secondary N) is 1. The van der Waals surface area contributed by atoms with Crippen molar-refractivity contribution in [2.24, 2.45) is 11.8 Å². The van der Waals surface area contributed by atoms with Gasteiger partial charge in [-0.2, -0.15) is 0 Å². The average molecular weight is 111 g/mol. The molecule has 1 spiro atoms. The van der Waals surface area contributed by atoms with Gasteiger partial charge < -0.3 is 5.32 Å². The maximum absolute atomic E-state index is 3.48. The van der Waals surface area contributed by atoms with Gasteiger partial charge in [0, 0.05) is 11.6 Å². The molecular formula is C7H13N. The molecule has 2 fully saturated rings. The van der Waals surface area contributed by atoms with Crippen molar-refractivity contribution in [3.05, 3.63) is 0 Å². The Kier molecular flexibility index (Phi) is 0.583. The zero-order valence-electron chi connectivity index (χ0n) is 5.73. The molecule has 1 saturated heterocycles. The Morgan fingerprint density at radius 1 is 1.12 bits per heavy atom. The van der Waals surface area contributed by atoms with Crippen LogP contribution in [0.1, 0.15) is 20.8 Å². The molecule has 0 aromatic rings. The van der Waals surface area contributed by atoms with Gasteiger partial charge in [0.1, 0.15) is 0 Å². The maximum atomic E-state index is 3.48. The van der Waals surface area contributed by atoms with Crippen molar-refractivity contribution in [3.63, 3.8) is 0 Å². The molecule has 1 heteroatoms. The van der Waals surface area contributed by atoms with Crippen molar-refractivity contribution in [2.75, 3.05) is 0 Å². The van der Waals surface area contributed by atoms with Gasteiger partial charge in [0.25, 0.3) is 0 Å². The van der Waals surface area contributed by atoms with Gasteiger partial charge in [-0.1, -0.05) is 13.8 Å². The van der Waals surface area contributed by atoms with E-state index < -0.39 is 0 Å². The Hall–Kier alpha value is -0.0400. The first-order valence-corrected chi connectivity index (χ1v) is 3.47. The quantitative estimate of drug-likeness (QED) is 0.463. The molecular weight excluding hydrogens is 98.1 g/mol. The summed E-state index contributed by atoms with van der Waals surface area (Å²) >= 11 is 0. The van der Waals surface area contributed by atoms with Crippen LogP contribution >= 0.6 is 0 Å². The van der Waals surface area contributed by atoms with Gasteiger partial charge in [-0.05, 0) is 18.8 Å². The Labute approximate surface area is 50.5 Å². The Morgan fingerprint density at radius 2 is 1.50 bits per heavy atom. The second-order valence-electron chi connectivity index (χ2n) is 3.38. The molecule has 0 aromatic heterocycles. The average Bonchev–Trinajstić information content (AvgIpc) is 2.47. The molecule has 1 aliphatic carbocycles. The van der Waals surface area contributed by atoms with E-state index in [1.54, 1.807) is 0 Å². The largest absolute Gasteiger partial charge is 0.305 e. The Morgan fingerprint density at radius 3 is 1.50 bits per heavy atom. The van der Waals surface area contributed by atoms with Crippen LogP contribution in [0, 0.1) is 11.8 Å². The number of rotatable bonds is 0. The summed E-state index contributed by atoms with van der Waals surface area (Å²) in [6.07, 6.45) is 0. The highest BCUT2D eigenvalue weighted by molar-refractivity contribution is 5.30. The van der Waals surface area contributed by atoms with Gasteiger partial charge >= 0.3 is 0 Å². The van der Waals surface area contributed by atoms with E-state index in [1.807, 2.05) is 0 Å². The summed E-state index contributed by atoms with van der Waals surface area (Å²) in [5, 5.41) is 3.48. The third kappa shape index (κ3) is 0.278. The molecule has 8 heavy (non-hydrogen) atoms. The summed E-state index contributed by atoms with van der Waals surface area (Å²) in [6, 6.07) is 0.812. The standard InChI is InChI=1S/C7H13N/c1-4-5(2)7(4)6(3)8-7/h4-6,8H,1-3H3. The van der Waals surface area contributed by atoms with E-state index in [-0.39, 0.29) is 0 Å². The summed E-state index contributed by atoms with van der Waals surface area (Å²) in [5.74, 6) is 1.88. The number of hydrogen-bond acceptors (Lipinski definition) is 1. The van der Waals surface area contributed by atoms with Crippen molar-refractivity contribution < 1.29 is 0 Å². The van der Waals surface area contributed by atoms with E-state index in [4.69, 9.17) is 0 Å². The summed E-state index contributed by atoms with van der Waals surface area (Å²) in [4.78, 5) is 0. The molecule has 2 aliphatic rings. The molecule has 46 valence electrons. The summed E-state index contributed by atoms with van der Waals surface area (Å²) in [6.45, 7) is 6.95. The van der Waals surface area contributed by atoms with Gasteiger partial charge in [-0.15, -0.1) is 0 Å². The molecule has 2 rings (SSSR count). The third-order valence-electron chi connectivity index (χ3n) is 3.25. The van der Waals surface area contributed by atoms with Crippen LogP contribution in [0.4, 0.5) is 0 Å². The zero-order valence-corrected chi connectivity index (χ0v) is 5.73. The fraction of sp³-hybridized carbons (Fsp3) is 1.00. The van der Waals surface area contributed by atoms with Crippen LogP contribution in [0.25, 0.3) is 0 Å². The van der Waals surface area contributed by atoms with Crippen LogP contribution in [0.5, 0.6) is 0 Å². The van der Waals surface area contributed by atoms with Crippen LogP contribution in [-0.4, -0.2) is 11.6 Å². The predicted molar refractivity (Wildman–Crippen MR) is 33.7 cm³/mol. The van der Waals surface area contributed by atoms with Crippen LogP contribution < -0.4 is 5.32 Å². The van der Waals surface area contributed by atoms with Gasteiger partial charge in [0.2, 0.25) is 0 Å². The lowest BCUT2D eigenvalue weighted by Gasteiger charge is -1.76. The molecule has 0 amide bonds. The highest BCUT2D eigenvalue weighted by Crippen LogP contribution is 2.60. The summed E-state index contributed by atoms with van der Waals surface area (Å²) < 4.78 is 0. The second-order valence-corrected chi connectivity index (χ2v) is 3.38. The fourth-order valence-corrected chi connectivity index (χ4v) is 2.19. The minimum atomic E-state index is 0.625. The minimum Gasteiger partial charge on any atom is -0.305 e. The summed E-state index contributed by atoms with van der Waals surface area (Å²) in [5.41, 5.74) is 0.625. The van der Waals surface area contributed by atoms with E-state index in [1.165, 1.54) is 0 Å². The first-order valence-electron chi connectivity index (χ1n) is 3.47. The van der Waals surface area contributed by atoms with Crippen LogP contribution in [0.3, 0.4) is 0 Å². The molecule has 3 unspecified atom stereocenters. The maximum Gasteiger partial charge on any atom is 0.0393 e. The number of hydrogen-bond donors (Lipinski definition) is 1. The van der Waals surface area contributed by atoms with Gasteiger partial charge in [-0.3, -0.25) is 0 Å². The monoisotopic (exact) mass is 111 g/mol. The first kappa shape index (κ1) is 4.80. The molecule has 1 heterocycles. The van der Waals surface area contributed by atoms with E-state index >= 15 is 0 Å². The Balaban J connectivity index is 2.14. The molecule has 1 saturated carbocycles. The van der Waals surface area contributed by atoms with Gasteiger partial charge in [0.15, 0.2) is 0 Å². The van der Waals surface area contributed by atoms with E-state index in [2.05, 4.69) is 26.1 Å². The van der Waals surface area contributed by atoms with Crippen molar-refractivity contribution >= 4 is 0 Å². The molecule has 0 aromatic carbocycles. The molecule has 1 aliphatic heterocycles. The van der Waals surface area contributed by atoms with Gasteiger partial charge in [-0.25, -0.2) is 0 Å². The van der Waals surface area contributed by atoms with E-state index in [9.17, 15) is 0 Å². The SMILES string of the molecule is CC1NC12C(C)C2C. The highest BCUT2D eigenvalue weighted by atomic mass is 15.3. The topological polar surface area (TPSA) is 21.9 Å². The highest BCUT2D eigenvalue weighted by Gasteiger charge is 2.72. The normalized spacial score (nSPS) is 68.6. The lowest BCUT2D eigenvalue weighted by molar-refractivity contribution is 0.834. The lowest BCUT2D eigenvalue weighted by atomic mass is 10.3. The zero-order chi connectivity index (χ0) is 5.94. The molecule has 1 N–H and O–H groups in total. The van der Waals surface area contributed by atoms with Crippen molar-refractivity contribution in [3.8, 4) is 0 Å². The minimum absolute atomic E-state index is 0.625. The molecule has 0 bridgehead atoms. The lowest BCUT2D eigenvalue weighted by Crippen LogP contribution is -1.92. The smallest absolute Gasteiger partial charge is 0.0393 e. The molecule has 3 atom stereocenters. The van der Waals surface area contributed by atoms with Crippen molar-refractivity contribution in [1.29, 1.82) is 0 Å². The van der Waals surface area contributed by atoms with Gasteiger partial charge in [0.05, 0.1) is 0 Å². The molecule has 1 nitrogen and oxygen atoms in total. The van der Waals surface area contributed by atoms with Crippen LogP contribution in [-0.2, 0) is 0 Å². The van der Waals surface area contributed by atoms with Crippen LogP contribution in [0.15, 0.2) is 0 Å². The molecule has 0 radical (unpaired) electrons. The summed E-state index contributed by atoms with van der Waals surface area (Å²) in [7, 11) is 0. The second kappa shape index (κ2) is 0.971. The van der Waals surface area contributed by atoms with Crippen molar-refractivity contribution in [2.45, 2.75) is 32.4 Å². The van der Waals surface area contributed by atoms with E-state index in [0.717, 1.165) is 17.9 Å². The first-order chi connectivity index (χ1) is 3.69. The van der Waals surface area contributed by atoms with Crippen molar-refractivity contribution in [1.82, 2.24) is 5.32 Å². The van der Waals surface area contributed by atoms with E-state index in [0.29, 0.717) is 5.54 Å². The fourth-order valence-electron chi connectivity index (χ4n) is 2.19.